The molecule has 0 fully saturated rings. The van der Waals surface area contributed by atoms with Crippen LogP contribution in [0.5, 0.6) is 0 Å². The SMILES string of the molecule is C=CCP(CC=C)c1ccc2ccccc2c1-c1cccc2ccccc12. The zero-order valence-electron chi connectivity index (χ0n) is 15.4. The summed E-state index contributed by atoms with van der Waals surface area (Å²) in [5.74, 6) is 0. The predicted octanol–water partition coefficient (Wildman–Crippen LogP) is 7.14. The lowest BCUT2D eigenvalue weighted by Crippen LogP contribution is -2.09. The van der Waals surface area contributed by atoms with Gasteiger partial charge in [-0.2, -0.15) is 0 Å². The summed E-state index contributed by atoms with van der Waals surface area (Å²) in [6.45, 7) is 8.01. The van der Waals surface area contributed by atoms with Crippen LogP contribution in [0.3, 0.4) is 0 Å². The number of allylic oxidation sites excluding steroid dienone is 2. The van der Waals surface area contributed by atoms with E-state index in [9.17, 15) is 0 Å². The van der Waals surface area contributed by atoms with Crippen molar-refractivity contribution in [3.63, 3.8) is 0 Å². The van der Waals surface area contributed by atoms with E-state index in [1.165, 1.54) is 38.0 Å². The average molecular weight is 366 g/mol. The van der Waals surface area contributed by atoms with Crippen molar-refractivity contribution in [3.8, 4) is 11.1 Å². The van der Waals surface area contributed by atoms with E-state index >= 15 is 0 Å². The molecule has 0 N–H and O–H groups in total. The van der Waals surface area contributed by atoms with E-state index in [1.807, 2.05) is 0 Å². The molecule has 4 aromatic carbocycles. The van der Waals surface area contributed by atoms with Crippen molar-refractivity contribution in [2.45, 2.75) is 0 Å². The van der Waals surface area contributed by atoms with Crippen molar-refractivity contribution in [3.05, 3.63) is 104 Å². The molecule has 0 aliphatic carbocycles. The molecule has 4 rings (SSSR count). The second kappa shape index (κ2) is 7.91. The first-order valence-corrected chi connectivity index (χ1v) is 11.0. The van der Waals surface area contributed by atoms with Crippen molar-refractivity contribution in [2.75, 3.05) is 12.3 Å². The molecule has 0 atom stereocenters. The molecule has 4 aromatic rings. The van der Waals surface area contributed by atoms with E-state index in [-0.39, 0.29) is 7.92 Å². The zero-order valence-corrected chi connectivity index (χ0v) is 16.3. The van der Waals surface area contributed by atoms with Gasteiger partial charge < -0.3 is 0 Å². The molecule has 0 aliphatic rings. The summed E-state index contributed by atoms with van der Waals surface area (Å²) in [6, 6.07) is 28.6. The Labute approximate surface area is 162 Å². The Morgan fingerprint density at radius 1 is 0.630 bits per heavy atom. The smallest absolute Gasteiger partial charge is 0.00219 e. The molecule has 27 heavy (non-hydrogen) atoms. The van der Waals surface area contributed by atoms with E-state index in [0.717, 1.165) is 12.3 Å². The van der Waals surface area contributed by atoms with Crippen molar-refractivity contribution in [1.82, 2.24) is 0 Å². The molecule has 0 radical (unpaired) electrons. The zero-order chi connectivity index (χ0) is 18.6. The van der Waals surface area contributed by atoms with Gasteiger partial charge in [0, 0.05) is 0 Å². The minimum atomic E-state index is -0.365. The van der Waals surface area contributed by atoms with Crippen LogP contribution in [0.15, 0.2) is 104 Å². The first-order chi connectivity index (χ1) is 13.3. The summed E-state index contributed by atoms with van der Waals surface area (Å²) in [5.41, 5.74) is 2.69. The summed E-state index contributed by atoms with van der Waals surface area (Å²) in [6.07, 6.45) is 6.13. The van der Waals surface area contributed by atoms with Gasteiger partial charge in [-0.1, -0.05) is 98.9 Å². The molecule has 0 heterocycles. The third kappa shape index (κ3) is 3.34. The van der Waals surface area contributed by atoms with Gasteiger partial charge in [-0.25, -0.2) is 0 Å². The first kappa shape index (κ1) is 17.7. The molecule has 0 bridgehead atoms. The van der Waals surface area contributed by atoms with Gasteiger partial charge in [0.25, 0.3) is 0 Å². The summed E-state index contributed by atoms with van der Waals surface area (Å²) in [5, 5.41) is 6.65. The Morgan fingerprint density at radius 3 is 1.93 bits per heavy atom. The largest absolute Gasteiger partial charge is 0.103 e. The van der Waals surface area contributed by atoms with Crippen LogP contribution >= 0.6 is 7.92 Å². The molecule has 0 saturated carbocycles. The lowest BCUT2D eigenvalue weighted by molar-refractivity contribution is 1.65. The van der Waals surface area contributed by atoms with Crippen LogP contribution in [0.25, 0.3) is 32.7 Å². The van der Waals surface area contributed by atoms with Gasteiger partial charge in [-0.05, 0) is 50.3 Å². The maximum Gasteiger partial charge on any atom is -0.00219 e. The van der Waals surface area contributed by atoms with E-state index in [4.69, 9.17) is 0 Å². The molecule has 0 aliphatic heterocycles. The Balaban J connectivity index is 2.09. The molecule has 1 heteroatoms. The standard InChI is InChI=1S/C26H23P/c1-3-18-27(19-4-2)25-17-16-21-11-6-8-14-23(21)26(25)24-15-9-12-20-10-5-7-13-22(20)24/h3-17H,1-2,18-19H2. The van der Waals surface area contributed by atoms with Crippen LogP contribution < -0.4 is 5.30 Å². The Bertz CT molecular complexity index is 1110. The lowest BCUT2D eigenvalue weighted by atomic mass is 9.94. The topological polar surface area (TPSA) is 0 Å². The number of benzene rings is 4. The molecule has 0 unspecified atom stereocenters. The molecule has 0 aromatic heterocycles. The minimum Gasteiger partial charge on any atom is -0.103 e. The Hall–Kier alpha value is -2.69. The second-order valence-electron chi connectivity index (χ2n) is 6.69. The highest BCUT2D eigenvalue weighted by Crippen LogP contribution is 2.42. The van der Waals surface area contributed by atoms with Gasteiger partial charge >= 0.3 is 0 Å². The number of fused-ring (bicyclic) bond motifs is 2. The van der Waals surface area contributed by atoms with Gasteiger partial charge in [0.05, 0.1) is 0 Å². The van der Waals surface area contributed by atoms with Crippen LogP contribution in [0, 0.1) is 0 Å². The van der Waals surface area contributed by atoms with E-state index in [0.29, 0.717) is 0 Å². The fourth-order valence-corrected chi connectivity index (χ4v) is 5.84. The third-order valence-electron chi connectivity index (χ3n) is 5.01. The van der Waals surface area contributed by atoms with Gasteiger partial charge in [0.2, 0.25) is 0 Å². The lowest BCUT2D eigenvalue weighted by Gasteiger charge is -2.22. The van der Waals surface area contributed by atoms with Gasteiger partial charge in [0.15, 0.2) is 0 Å². The Kier molecular flexibility index (Phi) is 5.19. The van der Waals surface area contributed by atoms with Crippen LogP contribution in [0.2, 0.25) is 0 Å². The highest BCUT2D eigenvalue weighted by molar-refractivity contribution is 7.66. The van der Waals surface area contributed by atoms with Crippen molar-refractivity contribution in [1.29, 1.82) is 0 Å². The van der Waals surface area contributed by atoms with Crippen LogP contribution in [-0.2, 0) is 0 Å². The molecule has 132 valence electrons. The van der Waals surface area contributed by atoms with Gasteiger partial charge in [-0.15, -0.1) is 13.2 Å². The molecule has 0 saturated heterocycles. The number of rotatable bonds is 6. The fourth-order valence-electron chi connectivity index (χ4n) is 3.83. The number of hydrogen-bond donors (Lipinski definition) is 0. The second-order valence-corrected chi connectivity index (χ2v) is 8.98. The molecule has 0 amide bonds. The van der Waals surface area contributed by atoms with Gasteiger partial charge in [-0.3, -0.25) is 0 Å². The predicted molar refractivity (Wildman–Crippen MR) is 124 cm³/mol. The maximum atomic E-state index is 4.00. The molecular formula is C26H23P. The number of hydrogen-bond acceptors (Lipinski definition) is 0. The quantitative estimate of drug-likeness (QED) is 0.251. The summed E-state index contributed by atoms with van der Waals surface area (Å²) in [4.78, 5) is 0. The van der Waals surface area contributed by atoms with Crippen molar-refractivity contribution < 1.29 is 0 Å². The maximum absolute atomic E-state index is 4.00. The summed E-state index contributed by atoms with van der Waals surface area (Å²) < 4.78 is 0. The molecule has 0 nitrogen and oxygen atoms in total. The molecular weight excluding hydrogens is 343 g/mol. The monoisotopic (exact) mass is 366 g/mol. The van der Waals surface area contributed by atoms with E-state index in [2.05, 4.69) is 104 Å². The van der Waals surface area contributed by atoms with Crippen LogP contribution in [0.1, 0.15) is 0 Å². The summed E-state index contributed by atoms with van der Waals surface area (Å²) in [7, 11) is -0.365. The van der Waals surface area contributed by atoms with Crippen molar-refractivity contribution in [2.24, 2.45) is 0 Å². The average Bonchev–Trinajstić information content (AvgIpc) is 2.72. The third-order valence-corrected chi connectivity index (χ3v) is 7.46. The van der Waals surface area contributed by atoms with Crippen LogP contribution in [0.4, 0.5) is 0 Å². The van der Waals surface area contributed by atoms with E-state index < -0.39 is 0 Å². The fraction of sp³-hybridized carbons (Fsp3) is 0.0769. The summed E-state index contributed by atoms with van der Waals surface area (Å²) >= 11 is 0. The normalized spacial score (nSPS) is 11.1. The van der Waals surface area contributed by atoms with Gasteiger partial charge in [0.1, 0.15) is 0 Å². The highest BCUT2D eigenvalue weighted by atomic mass is 31.1. The van der Waals surface area contributed by atoms with Crippen molar-refractivity contribution >= 4 is 34.8 Å². The van der Waals surface area contributed by atoms with E-state index in [1.54, 1.807) is 0 Å². The molecule has 0 spiro atoms. The minimum absolute atomic E-state index is 0.365. The van der Waals surface area contributed by atoms with Crippen LogP contribution in [-0.4, -0.2) is 12.3 Å². The highest BCUT2D eigenvalue weighted by Gasteiger charge is 2.18. The first-order valence-electron chi connectivity index (χ1n) is 9.30. The Morgan fingerprint density at radius 2 is 1.22 bits per heavy atom.